The molecule has 2 aromatic carbocycles. The Kier molecular flexibility index (Phi) is 6.01. The minimum Gasteiger partial charge on any atom is -0.497 e. The Morgan fingerprint density at radius 3 is 2.45 bits per heavy atom. The molecule has 0 aliphatic rings. The smallest absolute Gasteiger partial charge is 0.230 e. The maximum Gasteiger partial charge on any atom is 0.230 e. The fourth-order valence-corrected chi connectivity index (χ4v) is 3.44. The van der Waals surface area contributed by atoms with E-state index in [2.05, 4.69) is 10.3 Å². The van der Waals surface area contributed by atoms with Gasteiger partial charge in [-0.2, -0.15) is 0 Å². The van der Waals surface area contributed by atoms with Gasteiger partial charge in [-0.25, -0.2) is 0 Å². The standard InChI is InChI=1S/C23H28N2O4/c1-23(2,18-14-25-19-8-7-16(27-3)13-17(18)19)22(26)24-11-10-15-6-9-20(28-4)21(12-15)29-5/h6-9,12-14,25H,10-11H2,1-5H3,(H,24,26). The van der Waals surface area contributed by atoms with E-state index in [0.29, 0.717) is 24.5 Å². The molecule has 3 aromatic rings. The third-order valence-corrected chi connectivity index (χ3v) is 5.28. The van der Waals surface area contributed by atoms with Gasteiger partial charge in [0.25, 0.3) is 0 Å². The van der Waals surface area contributed by atoms with E-state index >= 15 is 0 Å². The molecule has 1 aromatic heterocycles. The largest absolute Gasteiger partial charge is 0.497 e. The predicted molar refractivity (Wildman–Crippen MR) is 114 cm³/mol. The number of amides is 1. The summed E-state index contributed by atoms with van der Waals surface area (Å²) in [6.45, 7) is 4.39. The lowest BCUT2D eigenvalue weighted by Crippen LogP contribution is -2.40. The Morgan fingerprint density at radius 2 is 1.76 bits per heavy atom. The van der Waals surface area contributed by atoms with Crippen molar-refractivity contribution in [2.75, 3.05) is 27.9 Å². The second-order valence-corrected chi connectivity index (χ2v) is 7.43. The van der Waals surface area contributed by atoms with Gasteiger partial charge in [0, 0.05) is 23.6 Å². The van der Waals surface area contributed by atoms with Crippen molar-refractivity contribution in [2.45, 2.75) is 25.7 Å². The molecule has 1 amide bonds. The van der Waals surface area contributed by atoms with Crippen molar-refractivity contribution in [3.8, 4) is 17.2 Å². The first kappa shape index (κ1) is 20.6. The monoisotopic (exact) mass is 396 g/mol. The molecule has 0 fully saturated rings. The molecular weight excluding hydrogens is 368 g/mol. The van der Waals surface area contributed by atoms with Crippen LogP contribution in [0.25, 0.3) is 10.9 Å². The molecule has 0 saturated heterocycles. The molecule has 154 valence electrons. The normalized spacial score (nSPS) is 11.3. The number of hydrogen-bond acceptors (Lipinski definition) is 4. The van der Waals surface area contributed by atoms with Gasteiger partial charge in [0.05, 0.1) is 26.7 Å². The van der Waals surface area contributed by atoms with E-state index in [0.717, 1.165) is 27.8 Å². The maximum absolute atomic E-state index is 13.0. The SMILES string of the molecule is COc1ccc2[nH]cc(C(C)(C)C(=O)NCCc3ccc(OC)c(OC)c3)c2c1. The van der Waals surface area contributed by atoms with Crippen LogP contribution in [-0.4, -0.2) is 38.8 Å². The van der Waals surface area contributed by atoms with Gasteiger partial charge >= 0.3 is 0 Å². The van der Waals surface area contributed by atoms with E-state index in [1.165, 1.54) is 0 Å². The molecule has 6 heteroatoms. The van der Waals surface area contributed by atoms with Gasteiger partial charge in [0.1, 0.15) is 5.75 Å². The van der Waals surface area contributed by atoms with Crippen LogP contribution in [0.4, 0.5) is 0 Å². The van der Waals surface area contributed by atoms with Crippen LogP contribution in [-0.2, 0) is 16.6 Å². The van der Waals surface area contributed by atoms with Crippen molar-refractivity contribution in [2.24, 2.45) is 0 Å². The molecule has 0 aliphatic heterocycles. The van der Waals surface area contributed by atoms with Crippen LogP contribution in [0.1, 0.15) is 25.0 Å². The lowest BCUT2D eigenvalue weighted by atomic mass is 9.83. The van der Waals surface area contributed by atoms with Crippen molar-refractivity contribution in [1.82, 2.24) is 10.3 Å². The first-order valence-electron chi connectivity index (χ1n) is 9.55. The fourth-order valence-electron chi connectivity index (χ4n) is 3.44. The van der Waals surface area contributed by atoms with Gasteiger partial charge in [-0.3, -0.25) is 4.79 Å². The van der Waals surface area contributed by atoms with Gasteiger partial charge in [0.15, 0.2) is 11.5 Å². The summed E-state index contributed by atoms with van der Waals surface area (Å²) in [6.07, 6.45) is 2.60. The number of methoxy groups -OCH3 is 3. The van der Waals surface area contributed by atoms with Gasteiger partial charge in [-0.1, -0.05) is 6.07 Å². The Morgan fingerprint density at radius 1 is 1.00 bits per heavy atom. The lowest BCUT2D eigenvalue weighted by molar-refractivity contribution is -0.125. The van der Waals surface area contributed by atoms with E-state index < -0.39 is 5.41 Å². The number of rotatable bonds is 8. The van der Waals surface area contributed by atoms with Crippen molar-refractivity contribution in [3.63, 3.8) is 0 Å². The summed E-state index contributed by atoms with van der Waals surface area (Å²) in [4.78, 5) is 16.2. The van der Waals surface area contributed by atoms with Crippen molar-refractivity contribution in [1.29, 1.82) is 0 Å². The molecule has 3 rings (SSSR count). The number of aromatic nitrogens is 1. The second kappa shape index (κ2) is 8.47. The first-order chi connectivity index (χ1) is 13.9. The number of carbonyl (C=O) groups is 1. The summed E-state index contributed by atoms with van der Waals surface area (Å²) in [5, 5.41) is 4.05. The number of H-pyrrole nitrogens is 1. The molecule has 0 radical (unpaired) electrons. The molecule has 0 bridgehead atoms. The molecule has 29 heavy (non-hydrogen) atoms. The summed E-state index contributed by atoms with van der Waals surface area (Å²) < 4.78 is 15.9. The van der Waals surface area contributed by atoms with Crippen LogP contribution in [0, 0.1) is 0 Å². The summed E-state index contributed by atoms with van der Waals surface area (Å²) in [7, 11) is 4.86. The van der Waals surface area contributed by atoms with E-state index in [1.54, 1.807) is 21.3 Å². The summed E-state index contributed by atoms with van der Waals surface area (Å²) in [5.41, 5.74) is 2.29. The minimum atomic E-state index is -0.692. The molecule has 0 atom stereocenters. The molecule has 0 unspecified atom stereocenters. The zero-order valence-corrected chi connectivity index (χ0v) is 17.6. The third kappa shape index (κ3) is 4.16. The van der Waals surface area contributed by atoms with Crippen molar-refractivity contribution < 1.29 is 19.0 Å². The fraction of sp³-hybridized carbons (Fsp3) is 0.348. The Bertz CT molecular complexity index is 1010. The quantitative estimate of drug-likeness (QED) is 0.607. The second-order valence-electron chi connectivity index (χ2n) is 7.43. The average Bonchev–Trinajstić information content (AvgIpc) is 3.17. The van der Waals surface area contributed by atoms with E-state index in [9.17, 15) is 4.79 Å². The summed E-state index contributed by atoms with van der Waals surface area (Å²) in [6, 6.07) is 11.6. The third-order valence-electron chi connectivity index (χ3n) is 5.28. The van der Waals surface area contributed by atoms with Crippen molar-refractivity contribution >= 4 is 16.8 Å². The highest BCUT2D eigenvalue weighted by molar-refractivity contribution is 5.95. The molecule has 1 heterocycles. The Labute approximate surface area is 171 Å². The van der Waals surface area contributed by atoms with Gasteiger partial charge < -0.3 is 24.5 Å². The number of nitrogens with one attached hydrogen (secondary N) is 2. The molecule has 0 saturated carbocycles. The highest BCUT2D eigenvalue weighted by Gasteiger charge is 2.32. The number of carbonyl (C=O) groups excluding carboxylic acids is 1. The molecule has 6 nitrogen and oxygen atoms in total. The summed E-state index contributed by atoms with van der Waals surface area (Å²) in [5.74, 6) is 2.12. The van der Waals surface area contributed by atoms with E-state index in [4.69, 9.17) is 14.2 Å². The highest BCUT2D eigenvalue weighted by atomic mass is 16.5. The lowest BCUT2D eigenvalue weighted by Gasteiger charge is -2.23. The summed E-state index contributed by atoms with van der Waals surface area (Å²) >= 11 is 0. The highest BCUT2D eigenvalue weighted by Crippen LogP contribution is 2.33. The first-order valence-corrected chi connectivity index (χ1v) is 9.55. The van der Waals surface area contributed by atoms with Gasteiger partial charge in [-0.15, -0.1) is 0 Å². The molecular formula is C23H28N2O4. The Balaban J connectivity index is 1.70. The number of ether oxygens (including phenoxy) is 3. The average molecular weight is 396 g/mol. The van der Waals surface area contributed by atoms with Crippen LogP contribution < -0.4 is 19.5 Å². The van der Waals surface area contributed by atoms with Crippen molar-refractivity contribution in [3.05, 3.63) is 53.7 Å². The maximum atomic E-state index is 13.0. The predicted octanol–water partition coefficient (Wildman–Crippen LogP) is 3.83. The zero-order valence-electron chi connectivity index (χ0n) is 17.6. The van der Waals surface area contributed by atoms with Crippen LogP contribution >= 0.6 is 0 Å². The number of benzene rings is 2. The number of aromatic amines is 1. The van der Waals surface area contributed by atoms with Crippen LogP contribution in [0.5, 0.6) is 17.2 Å². The van der Waals surface area contributed by atoms with E-state index in [1.807, 2.05) is 56.4 Å². The van der Waals surface area contributed by atoms with Gasteiger partial charge in [0.2, 0.25) is 5.91 Å². The minimum absolute atomic E-state index is 0.0262. The topological polar surface area (TPSA) is 72.6 Å². The number of fused-ring (bicyclic) bond motifs is 1. The Hall–Kier alpha value is -3.15. The zero-order chi connectivity index (χ0) is 21.0. The van der Waals surface area contributed by atoms with E-state index in [-0.39, 0.29) is 5.91 Å². The van der Waals surface area contributed by atoms with Gasteiger partial charge in [-0.05, 0) is 61.7 Å². The molecule has 2 N–H and O–H groups in total. The molecule has 0 spiro atoms. The van der Waals surface area contributed by atoms with Crippen LogP contribution in [0.15, 0.2) is 42.6 Å². The van der Waals surface area contributed by atoms with Crippen LogP contribution in [0.2, 0.25) is 0 Å². The molecule has 0 aliphatic carbocycles. The number of hydrogen-bond donors (Lipinski definition) is 2. The van der Waals surface area contributed by atoms with Crippen LogP contribution in [0.3, 0.4) is 0 Å².